The molecule has 1 aliphatic rings. The van der Waals surface area contributed by atoms with Crippen molar-refractivity contribution in [2.45, 2.75) is 38.8 Å². The Kier molecular flexibility index (Phi) is 7.77. The third-order valence-electron chi connectivity index (χ3n) is 3.39. The van der Waals surface area contributed by atoms with Crippen LogP contribution in [0.3, 0.4) is 0 Å². The van der Waals surface area contributed by atoms with Crippen LogP contribution in [-0.2, 0) is 9.47 Å². The highest BCUT2D eigenvalue weighted by Gasteiger charge is 2.26. The molecule has 0 aromatic rings. The van der Waals surface area contributed by atoms with E-state index in [4.69, 9.17) is 9.47 Å². The first kappa shape index (κ1) is 14.9. The molecule has 2 atom stereocenters. The molecule has 0 spiro atoms. The normalized spacial score (nSPS) is 23.8. The van der Waals surface area contributed by atoms with E-state index in [1.165, 1.54) is 6.42 Å². The average molecular weight is 244 g/mol. The second kappa shape index (κ2) is 8.86. The summed E-state index contributed by atoms with van der Waals surface area (Å²) in [6.07, 6.45) is 2.29. The first-order chi connectivity index (χ1) is 8.29. The molecule has 0 radical (unpaired) electrons. The minimum Gasteiger partial charge on any atom is -0.385 e. The Hall–Kier alpha value is -0.160. The third-order valence-corrected chi connectivity index (χ3v) is 3.39. The van der Waals surface area contributed by atoms with Gasteiger partial charge in [-0.05, 0) is 26.3 Å². The van der Waals surface area contributed by atoms with Crippen molar-refractivity contribution in [1.82, 2.24) is 10.2 Å². The number of hydrogen-bond acceptors (Lipinski definition) is 4. The molecular formula is C13H28N2O2. The predicted octanol–water partition coefficient (Wildman–Crippen LogP) is 1.11. The van der Waals surface area contributed by atoms with Crippen molar-refractivity contribution >= 4 is 0 Å². The number of nitrogens with one attached hydrogen (secondary N) is 1. The van der Waals surface area contributed by atoms with Crippen LogP contribution in [-0.4, -0.2) is 63.5 Å². The minimum atomic E-state index is 0.516. The molecule has 0 bridgehead atoms. The van der Waals surface area contributed by atoms with Crippen molar-refractivity contribution in [2.75, 3.05) is 46.6 Å². The highest BCUT2D eigenvalue weighted by atomic mass is 16.5. The minimum absolute atomic E-state index is 0.516. The van der Waals surface area contributed by atoms with Crippen LogP contribution in [0, 0.1) is 0 Å². The summed E-state index contributed by atoms with van der Waals surface area (Å²) in [6.45, 7) is 10.2. The van der Waals surface area contributed by atoms with E-state index in [9.17, 15) is 0 Å². The van der Waals surface area contributed by atoms with Crippen LogP contribution in [0.4, 0.5) is 0 Å². The quantitative estimate of drug-likeness (QED) is 0.649. The lowest BCUT2D eigenvalue weighted by Gasteiger charge is -2.39. The summed E-state index contributed by atoms with van der Waals surface area (Å²) < 4.78 is 10.7. The molecule has 2 unspecified atom stereocenters. The molecule has 1 rings (SSSR count). The van der Waals surface area contributed by atoms with Crippen LogP contribution < -0.4 is 5.32 Å². The summed E-state index contributed by atoms with van der Waals surface area (Å²) in [5, 5.41) is 3.49. The van der Waals surface area contributed by atoms with Crippen LogP contribution in [0.25, 0.3) is 0 Å². The second-order valence-electron chi connectivity index (χ2n) is 4.80. The second-order valence-corrected chi connectivity index (χ2v) is 4.80. The van der Waals surface area contributed by atoms with Crippen molar-refractivity contribution in [3.63, 3.8) is 0 Å². The summed E-state index contributed by atoms with van der Waals surface area (Å²) in [5.41, 5.74) is 0. The number of ether oxygens (including phenoxy) is 2. The van der Waals surface area contributed by atoms with Gasteiger partial charge in [-0.25, -0.2) is 0 Å². The summed E-state index contributed by atoms with van der Waals surface area (Å²) in [4.78, 5) is 2.56. The topological polar surface area (TPSA) is 33.7 Å². The Morgan fingerprint density at radius 1 is 1.53 bits per heavy atom. The zero-order valence-electron chi connectivity index (χ0n) is 11.6. The molecule has 1 N–H and O–H groups in total. The van der Waals surface area contributed by atoms with Crippen LogP contribution in [0.1, 0.15) is 26.7 Å². The third kappa shape index (κ3) is 5.34. The zero-order chi connectivity index (χ0) is 12.5. The van der Waals surface area contributed by atoms with E-state index >= 15 is 0 Å². The maximum absolute atomic E-state index is 5.58. The number of nitrogens with zero attached hydrogens (tertiary/aromatic N) is 1. The van der Waals surface area contributed by atoms with E-state index in [0.29, 0.717) is 12.1 Å². The lowest BCUT2D eigenvalue weighted by molar-refractivity contribution is -0.0296. The predicted molar refractivity (Wildman–Crippen MR) is 70.4 cm³/mol. The molecule has 0 aromatic carbocycles. The van der Waals surface area contributed by atoms with Crippen molar-refractivity contribution in [1.29, 1.82) is 0 Å². The molecule has 102 valence electrons. The van der Waals surface area contributed by atoms with Gasteiger partial charge in [0.25, 0.3) is 0 Å². The molecule has 0 aromatic heterocycles. The Morgan fingerprint density at radius 3 is 3.06 bits per heavy atom. The van der Waals surface area contributed by atoms with Crippen molar-refractivity contribution < 1.29 is 9.47 Å². The Labute approximate surface area is 106 Å². The fraction of sp³-hybridized carbons (Fsp3) is 1.00. The van der Waals surface area contributed by atoms with Crippen molar-refractivity contribution in [3.05, 3.63) is 0 Å². The van der Waals surface area contributed by atoms with Gasteiger partial charge in [0.1, 0.15) is 0 Å². The van der Waals surface area contributed by atoms with Gasteiger partial charge in [0.15, 0.2) is 0 Å². The van der Waals surface area contributed by atoms with E-state index in [0.717, 1.165) is 45.9 Å². The molecule has 1 saturated heterocycles. The summed E-state index contributed by atoms with van der Waals surface area (Å²) in [7, 11) is 1.77. The number of rotatable bonds is 8. The number of hydrogen-bond donors (Lipinski definition) is 1. The molecule has 4 nitrogen and oxygen atoms in total. The van der Waals surface area contributed by atoms with Crippen molar-refractivity contribution in [2.24, 2.45) is 0 Å². The summed E-state index contributed by atoms with van der Waals surface area (Å²) >= 11 is 0. The SMILES string of the molecule is CCCNCC1COCCN1C(C)CCOC. The Morgan fingerprint density at radius 2 is 2.35 bits per heavy atom. The highest BCUT2D eigenvalue weighted by Crippen LogP contribution is 2.13. The molecule has 1 heterocycles. The van der Waals surface area contributed by atoms with E-state index in [2.05, 4.69) is 24.1 Å². The fourth-order valence-corrected chi connectivity index (χ4v) is 2.32. The van der Waals surface area contributed by atoms with Crippen LogP contribution in [0.2, 0.25) is 0 Å². The van der Waals surface area contributed by atoms with Gasteiger partial charge in [-0.3, -0.25) is 4.90 Å². The van der Waals surface area contributed by atoms with Crippen molar-refractivity contribution in [3.8, 4) is 0 Å². The molecular weight excluding hydrogens is 216 g/mol. The van der Waals surface area contributed by atoms with Gasteiger partial charge in [0.05, 0.1) is 13.2 Å². The van der Waals surface area contributed by atoms with Crippen LogP contribution >= 0.6 is 0 Å². The monoisotopic (exact) mass is 244 g/mol. The Bertz CT molecular complexity index is 190. The molecule has 0 saturated carbocycles. The maximum atomic E-state index is 5.58. The van der Waals surface area contributed by atoms with Gasteiger partial charge in [0, 0.05) is 38.9 Å². The lowest BCUT2D eigenvalue weighted by Crippen LogP contribution is -2.54. The van der Waals surface area contributed by atoms with E-state index in [1.54, 1.807) is 7.11 Å². The van der Waals surface area contributed by atoms with Crippen LogP contribution in [0.15, 0.2) is 0 Å². The van der Waals surface area contributed by atoms with Gasteiger partial charge in [-0.2, -0.15) is 0 Å². The van der Waals surface area contributed by atoms with E-state index in [1.807, 2.05) is 0 Å². The smallest absolute Gasteiger partial charge is 0.0634 e. The molecule has 4 heteroatoms. The summed E-state index contributed by atoms with van der Waals surface area (Å²) in [6, 6.07) is 1.09. The molecule has 1 fully saturated rings. The average Bonchev–Trinajstić information content (AvgIpc) is 2.37. The van der Waals surface area contributed by atoms with E-state index in [-0.39, 0.29) is 0 Å². The van der Waals surface area contributed by atoms with Crippen LogP contribution in [0.5, 0.6) is 0 Å². The molecule has 1 aliphatic heterocycles. The van der Waals surface area contributed by atoms with Gasteiger partial charge in [0.2, 0.25) is 0 Å². The first-order valence-corrected chi connectivity index (χ1v) is 6.82. The van der Waals surface area contributed by atoms with E-state index < -0.39 is 0 Å². The zero-order valence-corrected chi connectivity index (χ0v) is 11.6. The van der Waals surface area contributed by atoms with Gasteiger partial charge in [-0.15, -0.1) is 0 Å². The number of methoxy groups -OCH3 is 1. The summed E-state index contributed by atoms with van der Waals surface area (Å²) in [5.74, 6) is 0. The molecule has 0 amide bonds. The first-order valence-electron chi connectivity index (χ1n) is 6.82. The molecule has 0 aliphatic carbocycles. The highest BCUT2D eigenvalue weighted by molar-refractivity contribution is 4.81. The lowest BCUT2D eigenvalue weighted by atomic mass is 10.1. The fourth-order valence-electron chi connectivity index (χ4n) is 2.32. The Balaban J connectivity index is 2.35. The maximum Gasteiger partial charge on any atom is 0.0634 e. The van der Waals surface area contributed by atoms with Gasteiger partial charge >= 0.3 is 0 Å². The standard InChI is InChI=1S/C13H28N2O2/c1-4-6-14-10-13-11-17-9-7-15(13)12(2)5-8-16-3/h12-14H,4-11H2,1-3H3. The molecule has 17 heavy (non-hydrogen) atoms. The van der Waals surface area contributed by atoms with Gasteiger partial charge < -0.3 is 14.8 Å². The number of morpholine rings is 1. The largest absolute Gasteiger partial charge is 0.385 e. The van der Waals surface area contributed by atoms with Gasteiger partial charge in [-0.1, -0.05) is 6.92 Å².